The maximum Gasteiger partial charge on any atom is 0.282 e. The van der Waals surface area contributed by atoms with E-state index in [1.807, 2.05) is 54.6 Å². The number of nitrogens with zero attached hydrogens (tertiary/aromatic N) is 1. The lowest BCUT2D eigenvalue weighted by atomic mass is 10.1. The highest BCUT2D eigenvalue weighted by Gasteiger charge is 2.18. The van der Waals surface area contributed by atoms with E-state index in [1.54, 1.807) is 0 Å². The van der Waals surface area contributed by atoms with Crippen LogP contribution in [0.15, 0.2) is 59.6 Å². The molecule has 1 aliphatic heterocycles. The SMILES string of the molecule is NC1=N[C@@H](c2ccc(OCc3ccccc3)cc2)CO1. The van der Waals surface area contributed by atoms with Crippen LogP contribution in [0.1, 0.15) is 17.2 Å². The van der Waals surface area contributed by atoms with Crippen LogP contribution in [0.3, 0.4) is 0 Å². The predicted molar refractivity (Wildman–Crippen MR) is 77.5 cm³/mol. The molecule has 3 rings (SSSR count). The normalized spacial score (nSPS) is 17.4. The standard InChI is InChI=1S/C16H16N2O2/c17-16-18-15(11-20-16)13-6-8-14(9-7-13)19-10-12-4-2-1-3-5-12/h1-9,15H,10-11H2,(H2,17,18)/t15-/m1/s1. The van der Waals surface area contributed by atoms with Crippen LogP contribution in [0.5, 0.6) is 5.75 Å². The molecule has 0 saturated carbocycles. The second-order valence-corrected chi connectivity index (χ2v) is 4.64. The van der Waals surface area contributed by atoms with Crippen molar-refractivity contribution in [3.05, 3.63) is 65.7 Å². The largest absolute Gasteiger partial charge is 0.489 e. The minimum atomic E-state index is -0.00169. The molecule has 2 aromatic carbocycles. The summed E-state index contributed by atoms with van der Waals surface area (Å²) in [5.41, 5.74) is 7.74. The van der Waals surface area contributed by atoms with Gasteiger partial charge in [-0.25, -0.2) is 4.99 Å². The van der Waals surface area contributed by atoms with E-state index in [4.69, 9.17) is 15.2 Å². The van der Waals surface area contributed by atoms with Crippen molar-refractivity contribution in [1.29, 1.82) is 0 Å². The number of rotatable bonds is 4. The zero-order valence-electron chi connectivity index (χ0n) is 11.0. The molecule has 102 valence electrons. The van der Waals surface area contributed by atoms with Gasteiger partial charge in [0.05, 0.1) is 0 Å². The highest BCUT2D eigenvalue weighted by atomic mass is 16.5. The number of ether oxygens (including phenoxy) is 2. The van der Waals surface area contributed by atoms with Crippen molar-refractivity contribution < 1.29 is 9.47 Å². The van der Waals surface area contributed by atoms with E-state index in [-0.39, 0.29) is 12.1 Å². The van der Waals surface area contributed by atoms with Gasteiger partial charge in [-0.05, 0) is 23.3 Å². The Hall–Kier alpha value is -2.49. The van der Waals surface area contributed by atoms with Gasteiger partial charge < -0.3 is 15.2 Å². The summed E-state index contributed by atoms with van der Waals surface area (Å²) in [6.45, 7) is 1.08. The smallest absolute Gasteiger partial charge is 0.282 e. The third-order valence-corrected chi connectivity index (χ3v) is 3.19. The molecular formula is C16H16N2O2. The van der Waals surface area contributed by atoms with Gasteiger partial charge in [-0.1, -0.05) is 42.5 Å². The number of hydrogen-bond donors (Lipinski definition) is 1. The summed E-state index contributed by atoms with van der Waals surface area (Å²) in [5.74, 6) is 0.841. The molecule has 0 spiro atoms. The van der Waals surface area contributed by atoms with Gasteiger partial charge in [0, 0.05) is 0 Å². The van der Waals surface area contributed by atoms with E-state index in [0.29, 0.717) is 13.2 Å². The Labute approximate surface area is 117 Å². The van der Waals surface area contributed by atoms with Crippen molar-refractivity contribution in [2.75, 3.05) is 6.61 Å². The molecule has 0 fully saturated rings. The molecule has 2 aromatic rings. The van der Waals surface area contributed by atoms with Gasteiger partial charge in [0.2, 0.25) is 0 Å². The predicted octanol–water partition coefficient (Wildman–Crippen LogP) is 2.65. The molecule has 1 aliphatic rings. The first-order chi connectivity index (χ1) is 9.81. The van der Waals surface area contributed by atoms with Gasteiger partial charge in [-0.3, -0.25) is 0 Å². The Kier molecular flexibility index (Phi) is 3.54. The summed E-state index contributed by atoms with van der Waals surface area (Å²) in [4.78, 5) is 4.21. The molecule has 0 bridgehead atoms. The van der Waals surface area contributed by atoms with Gasteiger partial charge in [0.1, 0.15) is 25.0 Å². The minimum Gasteiger partial charge on any atom is -0.489 e. The van der Waals surface area contributed by atoms with Crippen molar-refractivity contribution in [3.63, 3.8) is 0 Å². The lowest BCUT2D eigenvalue weighted by Gasteiger charge is -2.09. The number of amidine groups is 1. The van der Waals surface area contributed by atoms with E-state index in [2.05, 4.69) is 4.99 Å². The Morgan fingerprint density at radius 2 is 1.85 bits per heavy atom. The first-order valence-corrected chi connectivity index (χ1v) is 6.54. The van der Waals surface area contributed by atoms with E-state index in [0.717, 1.165) is 16.9 Å². The number of aliphatic imine (C=N–C) groups is 1. The third kappa shape index (κ3) is 2.91. The Bertz CT molecular complexity index is 594. The quantitative estimate of drug-likeness (QED) is 0.927. The molecule has 1 heterocycles. The van der Waals surface area contributed by atoms with Gasteiger partial charge in [0.15, 0.2) is 0 Å². The van der Waals surface area contributed by atoms with E-state index >= 15 is 0 Å². The van der Waals surface area contributed by atoms with Crippen LogP contribution in [-0.4, -0.2) is 12.6 Å². The van der Waals surface area contributed by atoms with Crippen LogP contribution >= 0.6 is 0 Å². The summed E-state index contributed by atoms with van der Waals surface area (Å²) in [7, 11) is 0. The van der Waals surface area contributed by atoms with Crippen LogP contribution in [0, 0.1) is 0 Å². The van der Waals surface area contributed by atoms with E-state index in [9.17, 15) is 0 Å². The Balaban J connectivity index is 1.62. The van der Waals surface area contributed by atoms with Crippen LogP contribution in [0.25, 0.3) is 0 Å². The monoisotopic (exact) mass is 268 g/mol. The zero-order valence-corrected chi connectivity index (χ0v) is 11.0. The van der Waals surface area contributed by atoms with Crippen LogP contribution in [0.4, 0.5) is 0 Å². The molecule has 2 N–H and O–H groups in total. The maximum absolute atomic E-state index is 5.74. The van der Waals surface area contributed by atoms with Crippen molar-refractivity contribution in [1.82, 2.24) is 0 Å². The molecule has 1 atom stereocenters. The van der Waals surface area contributed by atoms with Gasteiger partial charge in [-0.2, -0.15) is 0 Å². The van der Waals surface area contributed by atoms with Gasteiger partial charge in [0.25, 0.3) is 6.02 Å². The van der Waals surface area contributed by atoms with Crippen molar-refractivity contribution in [2.45, 2.75) is 12.6 Å². The number of hydrogen-bond acceptors (Lipinski definition) is 4. The average molecular weight is 268 g/mol. The highest BCUT2D eigenvalue weighted by Crippen LogP contribution is 2.24. The van der Waals surface area contributed by atoms with E-state index < -0.39 is 0 Å². The van der Waals surface area contributed by atoms with Crippen molar-refractivity contribution in [2.24, 2.45) is 10.7 Å². The second-order valence-electron chi connectivity index (χ2n) is 4.64. The fourth-order valence-corrected chi connectivity index (χ4v) is 2.09. The number of nitrogens with two attached hydrogens (primary N) is 1. The highest BCUT2D eigenvalue weighted by molar-refractivity contribution is 5.73. The van der Waals surface area contributed by atoms with Gasteiger partial charge in [-0.15, -0.1) is 0 Å². The van der Waals surface area contributed by atoms with E-state index in [1.165, 1.54) is 0 Å². The molecular weight excluding hydrogens is 252 g/mol. The molecule has 0 aromatic heterocycles. The summed E-state index contributed by atoms with van der Waals surface area (Å²) in [5, 5.41) is 0. The zero-order chi connectivity index (χ0) is 13.8. The Morgan fingerprint density at radius 3 is 2.50 bits per heavy atom. The summed E-state index contributed by atoms with van der Waals surface area (Å²) in [6, 6.07) is 18.2. The molecule has 0 saturated heterocycles. The molecule has 0 radical (unpaired) electrons. The molecule has 20 heavy (non-hydrogen) atoms. The fraction of sp³-hybridized carbons (Fsp3) is 0.188. The molecule has 4 nitrogen and oxygen atoms in total. The van der Waals surface area contributed by atoms with Crippen molar-refractivity contribution in [3.8, 4) is 5.75 Å². The topological polar surface area (TPSA) is 56.8 Å². The lowest BCUT2D eigenvalue weighted by Crippen LogP contribution is -2.10. The fourth-order valence-electron chi connectivity index (χ4n) is 2.09. The average Bonchev–Trinajstić information content (AvgIpc) is 2.93. The third-order valence-electron chi connectivity index (χ3n) is 3.19. The Morgan fingerprint density at radius 1 is 1.10 bits per heavy atom. The summed E-state index contributed by atoms with van der Waals surface area (Å²) < 4.78 is 10.9. The maximum atomic E-state index is 5.74. The molecule has 0 aliphatic carbocycles. The first-order valence-electron chi connectivity index (χ1n) is 6.54. The molecule has 0 amide bonds. The first kappa shape index (κ1) is 12.5. The summed E-state index contributed by atoms with van der Waals surface area (Å²) >= 11 is 0. The molecule has 4 heteroatoms. The molecule has 0 unspecified atom stereocenters. The van der Waals surface area contributed by atoms with Crippen LogP contribution in [-0.2, 0) is 11.3 Å². The minimum absolute atomic E-state index is 0.00169. The van der Waals surface area contributed by atoms with Crippen LogP contribution < -0.4 is 10.5 Å². The summed E-state index contributed by atoms with van der Waals surface area (Å²) in [6.07, 6.45) is 0. The van der Waals surface area contributed by atoms with Crippen molar-refractivity contribution >= 4 is 6.02 Å². The van der Waals surface area contributed by atoms with Crippen LogP contribution in [0.2, 0.25) is 0 Å². The second kappa shape index (κ2) is 5.65. The van der Waals surface area contributed by atoms with Gasteiger partial charge >= 0.3 is 0 Å². The lowest BCUT2D eigenvalue weighted by molar-refractivity contribution is 0.305. The number of benzene rings is 2.